The summed E-state index contributed by atoms with van der Waals surface area (Å²) in [5, 5.41) is 24.3. The summed E-state index contributed by atoms with van der Waals surface area (Å²) in [5.74, 6) is -1.09. The van der Waals surface area contributed by atoms with Gasteiger partial charge in [0.1, 0.15) is 65.6 Å². The number of aldehydes is 1. The summed E-state index contributed by atoms with van der Waals surface area (Å²) < 4.78 is 33.3. The van der Waals surface area contributed by atoms with Crippen molar-refractivity contribution >= 4 is 47.9 Å². The normalized spacial score (nSPS) is 13.0. The van der Waals surface area contributed by atoms with E-state index in [0.717, 1.165) is 41.0 Å². The second-order valence-electron chi connectivity index (χ2n) is 25.1. The Hall–Kier alpha value is -10.3. The van der Waals surface area contributed by atoms with Crippen LogP contribution in [0.25, 0.3) is 5.70 Å². The summed E-state index contributed by atoms with van der Waals surface area (Å²) in [7, 11) is 0. The van der Waals surface area contributed by atoms with E-state index in [0.29, 0.717) is 48.8 Å². The maximum Gasteiger partial charge on any atom is 0.408 e. The lowest BCUT2D eigenvalue weighted by molar-refractivity contribution is -0.153. The third kappa shape index (κ3) is 33.2. The van der Waals surface area contributed by atoms with Crippen LogP contribution in [0.3, 0.4) is 0 Å². The topological polar surface area (TPSA) is 316 Å². The summed E-state index contributed by atoms with van der Waals surface area (Å²) in [6.45, 7) is 24.9. The van der Waals surface area contributed by atoms with Crippen LogP contribution < -0.4 is 37.3 Å². The number of ketones is 1. The van der Waals surface area contributed by atoms with Gasteiger partial charge >= 0.3 is 24.1 Å². The van der Waals surface area contributed by atoms with Gasteiger partial charge in [-0.05, 0) is 149 Å². The number of esters is 2. The fraction of sp³-hybridized carbons (Fsp3) is 0.351. The number of dihydropyridines is 1. The van der Waals surface area contributed by atoms with Crippen molar-refractivity contribution in [1.29, 1.82) is 5.26 Å². The van der Waals surface area contributed by atoms with Crippen molar-refractivity contribution in [3.05, 3.63) is 221 Å². The van der Waals surface area contributed by atoms with Crippen LogP contribution >= 0.6 is 0 Å². The number of carbonyl (C=O) groups is 7. The van der Waals surface area contributed by atoms with Crippen LogP contribution in [0.1, 0.15) is 142 Å². The largest absolute Gasteiger partial charge is 0.488 e. The number of hydrogen-bond acceptors (Lipinski definition) is 17. The minimum atomic E-state index is -0.833. The van der Waals surface area contributed by atoms with E-state index in [-0.39, 0.29) is 29.7 Å². The second-order valence-corrected chi connectivity index (χ2v) is 25.1. The summed E-state index contributed by atoms with van der Waals surface area (Å²) in [5.41, 5.74) is 10.5. The molecule has 6 aromatic carbocycles. The molecule has 0 aromatic heterocycles. The van der Waals surface area contributed by atoms with Crippen LogP contribution in [0, 0.1) is 17.2 Å². The Morgan fingerprint density at radius 3 is 1.39 bits per heavy atom. The lowest BCUT2D eigenvalue weighted by Crippen LogP contribution is -2.48. The summed E-state index contributed by atoms with van der Waals surface area (Å²) in [6, 6.07) is 54.5. The standard InChI is InChI=1S/C36H43N3O5.C15H14O2.C14H19NO3.C7H11NO2.C2H4O2.H3N/c1-35(2,3)43-33(40)31-27(28(21-24-15-9-7-10-16-24)39-34(41)44-36(4,5)6)22-29(38-32(31)37)26-19-13-14-20-30(26)42-23-25-17-11-8-12-18-25;1-12(16)14-9-5-6-10-15(14)17-11-13-7-3-2-4-8-13;1-14(2,3)18-13(17)15-12(10-16)9-11-7-5-4-6-8-11;1-7(2,3)10-6(9)4-5-8;1-2(3)4;/h7-20,22,27-28,38H,21,23,37H2,1-6H3,(H,39,41);2-10H,11H2,1H3;4-8,10,12H,9H2,1-3H3,(H,15,17);4H2,1-3H3;1H3,(H,3,4);1H3. The van der Waals surface area contributed by atoms with Gasteiger partial charge in [0, 0.05) is 30.1 Å². The highest BCUT2D eigenvalue weighted by Crippen LogP contribution is 2.35. The molecule has 94 heavy (non-hydrogen) atoms. The Morgan fingerprint density at radius 1 is 0.564 bits per heavy atom. The summed E-state index contributed by atoms with van der Waals surface area (Å²) in [4.78, 5) is 80.3. The number of para-hydroxylation sites is 2. The molecule has 20 heteroatoms. The average molecular weight is 1290 g/mol. The van der Waals surface area contributed by atoms with Crippen molar-refractivity contribution in [3.8, 4) is 17.6 Å². The number of carboxylic acids is 1. The van der Waals surface area contributed by atoms with E-state index in [1.54, 1.807) is 102 Å². The molecule has 0 spiro atoms. The van der Waals surface area contributed by atoms with Crippen molar-refractivity contribution in [2.24, 2.45) is 11.7 Å². The number of amides is 2. The summed E-state index contributed by atoms with van der Waals surface area (Å²) in [6.07, 6.45) is 2.15. The van der Waals surface area contributed by atoms with Gasteiger partial charge < -0.3 is 66.2 Å². The van der Waals surface area contributed by atoms with E-state index >= 15 is 0 Å². The number of hydrogen-bond donors (Lipinski definition) is 6. The summed E-state index contributed by atoms with van der Waals surface area (Å²) >= 11 is 0. The van der Waals surface area contributed by atoms with Crippen molar-refractivity contribution < 1.29 is 67.1 Å². The van der Waals surface area contributed by atoms with Crippen LogP contribution in [0.2, 0.25) is 0 Å². The van der Waals surface area contributed by atoms with E-state index in [9.17, 15) is 28.8 Å². The minimum Gasteiger partial charge on any atom is -0.488 e. The molecule has 1 aliphatic heterocycles. The molecular weight excluding hydrogens is 1200 g/mol. The molecule has 0 saturated carbocycles. The van der Waals surface area contributed by atoms with Crippen molar-refractivity contribution in [2.75, 3.05) is 0 Å². The fourth-order valence-corrected chi connectivity index (χ4v) is 8.42. The third-order valence-corrected chi connectivity index (χ3v) is 12.0. The van der Waals surface area contributed by atoms with Crippen molar-refractivity contribution in [1.82, 2.24) is 22.1 Å². The van der Waals surface area contributed by atoms with E-state index in [1.165, 1.54) is 0 Å². The van der Waals surface area contributed by atoms with Crippen LogP contribution in [0.15, 0.2) is 187 Å². The first kappa shape index (κ1) is 79.8. The Morgan fingerprint density at radius 2 is 0.957 bits per heavy atom. The van der Waals surface area contributed by atoms with Crippen molar-refractivity contribution in [2.45, 2.75) is 164 Å². The predicted molar refractivity (Wildman–Crippen MR) is 363 cm³/mol. The number of nitrogens with two attached hydrogens (primary N) is 1. The second kappa shape index (κ2) is 39.2. The van der Waals surface area contributed by atoms with Gasteiger partial charge in [-0.1, -0.05) is 152 Å². The first-order valence-corrected chi connectivity index (χ1v) is 30.2. The number of Topliss-reactive ketones (excluding diaryl/α,β-unsaturated/α-hetero) is 1. The Bertz CT molecular complexity index is 3450. The van der Waals surface area contributed by atoms with Gasteiger partial charge in [-0.25, -0.2) is 14.4 Å². The highest BCUT2D eigenvalue weighted by molar-refractivity contribution is 5.96. The Kier molecular flexibility index (Phi) is 33.3. The van der Waals surface area contributed by atoms with E-state index < -0.39 is 70.5 Å². The molecule has 504 valence electrons. The van der Waals surface area contributed by atoms with Crippen molar-refractivity contribution in [3.63, 3.8) is 0 Å². The molecule has 3 atom stereocenters. The number of ether oxygens (including phenoxy) is 6. The first-order chi connectivity index (χ1) is 43.6. The zero-order valence-electron chi connectivity index (χ0n) is 56.6. The molecule has 0 bridgehead atoms. The molecule has 7 rings (SSSR count). The molecule has 0 fully saturated rings. The van der Waals surface area contributed by atoms with Gasteiger partial charge in [0.05, 0.1) is 23.2 Å². The van der Waals surface area contributed by atoms with Crippen LogP contribution in [-0.4, -0.2) is 81.8 Å². The number of alkyl carbamates (subject to hydrolysis) is 2. The fourth-order valence-electron chi connectivity index (χ4n) is 8.42. The van der Waals surface area contributed by atoms with E-state index in [4.69, 9.17) is 49.3 Å². The zero-order chi connectivity index (χ0) is 69.4. The predicted octanol–water partition coefficient (Wildman–Crippen LogP) is 13.8. The van der Waals surface area contributed by atoms with Gasteiger partial charge in [0.25, 0.3) is 5.97 Å². The molecule has 1 aliphatic rings. The van der Waals surface area contributed by atoms with Gasteiger partial charge in [-0.2, -0.15) is 5.26 Å². The van der Waals surface area contributed by atoms with Gasteiger partial charge in [-0.3, -0.25) is 14.4 Å². The zero-order valence-corrected chi connectivity index (χ0v) is 56.6. The smallest absolute Gasteiger partial charge is 0.408 e. The molecule has 0 aliphatic carbocycles. The van der Waals surface area contributed by atoms with Gasteiger partial charge in [-0.15, -0.1) is 0 Å². The quantitative estimate of drug-likeness (QED) is 0.0202. The molecule has 2 amide bonds. The average Bonchev–Trinajstić information content (AvgIpc) is 0.779. The lowest BCUT2D eigenvalue weighted by atomic mass is 9.83. The monoisotopic (exact) mass is 1290 g/mol. The van der Waals surface area contributed by atoms with Crippen LogP contribution in [0.5, 0.6) is 11.5 Å². The number of rotatable bonds is 18. The van der Waals surface area contributed by atoms with Gasteiger partial charge in [0.2, 0.25) is 0 Å². The molecule has 6 aromatic rings. The highest BCUT2D eigenvalue weighted by atomic mass is 16.6. The minimum absolute atomic E-state index is 0. The number of nitrogens with zero attached hydrogens (tertiary/aromatic N) is 1. The van der Waals surface area contributed by atoms with E-state index in [1.807, 2.05) is 170 Å². The maximum atomic E-state index is 13.7. The van der Waals surface area contributed by atoms with Gasteiger partial charge in [0.15, 0.2) is 5.78 Å². The molecule has 3 unspecified atom stereocenters. The van der Waals surface area contributed by atoms with Crippen LogP contribution in [-0.2, 0) is 64.2 Å². The highest BCUT2D eigenvalue weighted by Gasteiger charge is 2.38. The lowest BCUT2D eigenvalue weighted by Gasteiger charge is -2.34. The number of benzene rings is 6. The number of carbonyl (C=O) groups excluding carboxylic acids is 6. The molecule has 0 radical (unpaired) electrons. The maximum absolute atomic E-state index is 13.7. The SMILES string of the molecule is CC(=O)O.CC(=O)c1ccccc1OCc1ccccc1.CC(C)(C)OC(=O)CC#N.CC(C)(C)OC(=O)NC(C=O)Cc1ccccc1.CC(C)(C)OC(=O)NC(Cc1ccccc1)C1C=C(c2ccccc2OCc2ccccc2)NC(N)=C1C(=O)OC(C)(C)C.N. The Labute approximate surface area is 553 Å². The molecule has 20 nitrogen and oxygen atoms in total. The molecule has 1 heterocycles. The Balaban J connectivity index is 0.000000491. The number of nitriles is 1. The number of aliphatic carboxylic acids is 1. The molecular formula is C74H94N6O14. The molecule has 0 saturated heterocycles. The van der Waals surface area contributed by atoms with E-state index in [2.05, 4.69) is 16.0 Å². The molecule has 9 N–H and O–H groups in total. The van der Waals surface area contributed by atoms with Crippen LogP contribution in [0.4, 0.5) is 9.59 Å². The number of carboxylic acid groups (broad SMARTS) is 1. The third-order valence-electron chi connectivity index (χ3n) is 12.0. The number of nitrogens with one attached hydrogen (secondary N) is 3. The first-order valence-electron chi connectivity index (χ1n) is 30.2.